The lowest BCUT2D eigenvalue weighted by Gasteiger charge is -2.22. The van der Waals surface area contributed by atoms with Gasteiger partial charge < -0.3 is 15.1 Å². The second-order valence-electron chi connectivity index (χ2n) is 3.72. The molecule has 1 aliphatic rings. The molecule has 1 atom stereocenters. The van der Waals surface area contributed by atoms with Crippen molar-refractivity contribution in [2.45, 2.75) is 25.8 Å². The van der Waals surface area contributed by atoms with E-state index < -0.39 is 0 Å². The molecule has 0 bridgehead atoms. The Kier molecular flexibility index (Phi) is 3.06. The van der Waals surface area contributed by atoms with Gasteiger partial charge in [-0.1, -0.05) is 0 Å². The Morgan fingerprint density at radius 1 is 1.73 bits per heavy atom. The summed E-state index contributed by atoms with van der Waals surface area (Å²) >= 11 is 0. The van der Waals surface area contributed by atoms with Crippen LogP contribution >= 0.6 is 0 Å². The van der Waals surface area contributed by atoms with Crippen LogP contribution in [0.15, 0.2) is 16.7 Å². The molecular formula is C11H16N2O2. The van der Waals surface area contributed by atoms with Crippen LogP contribution in [0.2, 0.25) is 0 Å². The number of carbonyl (C=O) groups is 1. The Hall–Kier alpha value is -1.29. The third-order valence-corrected chi connectivity index (χ3v) is 2.65. The lowest BCUT2D eigenvalue weighted by atomic mass is 10.0. The highest BCUT2D eigenvalue weighted by molar-refractivity contribution is 5.76. The van der Waals surface area contributed by atoms with Gasteiger partial charge in [0, 0.05) is 13.0 Å². The van der Waals surface area contributed by atoms with E-state index in [0.717, 1.165) is 18.7 Å². The Morgan fingerprint density at radius 2 is 2.60 bits per heavy atom. The predicted octanol–water partition coefficient (Wildman–Crippen LogP) is 0.993. The molecule has 15 heavy (non-hydrogen) atoms. The van der Waals surface area contributed by atoms with E-state index in [0.29, 0.717) is 13.0 Å². The molecule has 1 amide bonds. The Bertz CT molecular complexity index is 346. The highest BCUT2D eigenvalue weighted by Crippen LogP contribution is 2.25. The molecule has 82 valence electrons. The summed E-state index contributed by atoms with van der Waals surface area (Å²) in [5.74, 6) is 0.992. The van der Waals surface area contributed by atoms with E-state index in [4.69, 9.17) is 4.42 Å². The zero-order chi connectivity index (χ0) is 10.7. The molecule has 4 nitrogen and oxygen atoms in total. The maximum Gasteiger partial charge on any atom is 0.222 e. The highest BCUT2D eigenvalue weighted by Gasteiger charge is 2.24. The minimum absolute atomic E-state index is 0.0373. The molecule has 0 fully saturated rings. The number of furan rings is 1. The fourth-order valence-electron chi connectivity index (χ4n) is 1.95. The predicted molar refractivity (Wildman–Crippen MR) is 56.5 cm³/mol. The Balaban J connectivity index is 2.03. The number of hydrogen-bond donors (Lipinski definition) is 2. The van der Waals surface area contributed by atoms with Gasteiger partial charge in [-0.05, 0) is 31.5 Å². The van der Waals surface area contributed by atoms with Crippen LogP contribution in [-0.2, 0) is 11.2 Å². The summed E-state index contributed by atoms with van der Waals surface area (Å²) < 4.78 is 5.41. The summed E-state index contributed by atoms with van der Waals surface area (Å²) in [6.45, 7) is 3.51. The molecule has 2 heterocycles. The second-order valence-corrected chi connectivity index (χ2v) is 3.72. The summed E-state index contributed by atoms with van der Waals surface area (Å²) in [6, 6.07) is 2.02. The molecule has 0 spiro atoms. The molecular weight excluding hydrogens is 192 g/mol. The van der Waals surface area contributed by atoms with Gasteiger partial charge in [-0.25, -0.2) is 0 Å². The SMILES string of the molecule is CCNC(=O)CC1NCCc2ccoc21. The van der Waals surface area contributed by atoms with Crippen LogP contribution in [0.4, 0.5) is 0 Å². The molecule has 0 saturated heterocycles. The van der Waals surface area contributed by atoms with Crippen molar-refractivity contribution in [3.05, 3.63) is 23.7 Å². The lowest BCUT2D eigenvalue weighted by molar-refractivity contribution is -0.121. The summed E-state index contributed by atoms with van der Waals surface area (Å²) in [7, 11) is 0. The number of rotatable bonds is 3. The fraction of sp³-hybridized carbons (Fsp3) is 0.545. The van der Waals surface area contributed by atoms with Crippen molar-refractivity contribution in [3.8, 4) is 0 Å². The lowest BCUT2D eigenvalue weighted by Crippen LogP contribution is -2.34. The van der Waals surface area contributed by atoms with Crippen molar-refractivity contribution >= 4 is 5.91 Å². The van der Waals surface area contributed by atoms with Crippen LogP contribution < -0.4 is 10.6 Å². The molecule has 4 heteroatoms. The van der Waals surface area contributed by atoms with Gasteiger partial charge in [0.15, 0.2) is 0 Å². The minimum atomic E-state index is 0.0373. The zero-order valence-electron chi connectivity index (χ0n) is 8.88. The first-order valence-corrected chi connectivity index (χ1v) is 5.37. The third-order valence-electron chi connectivity index (χ3n) is 2.65. The van der Waals surface area contributed by atoms with E-state index in [1.165, 1.54) is 5.56 Å². The summed E-state index contributed by atoms with van der Waals surface area (Å²) in [5.41, 5.74) is 1.23. The molecule has 2 N–H and O–H groups in total. The van der Waals surface area contributed by atoms with Gasteiger partial charge in [0.05, 0.1) is 12.3 Å². The zero-order valence-corrected chi connectivity index (χ0v) is 8.88. The second kappa shape index (κ2) is 4.49. The summed E-state index contributed by atoms with van der Waals surface area (Å²) in [6.07, 6.45) is 3.13. The van der Waals surface area contributed by atoms with Crippen molar-refractivity contribution in [2.75, 3.05) is 13.1 Å². The van der Waals surface area contributed by atoms with E-state index in [-0.39, 0.29) is 11.9 Å². The number of hydrogen-bond acceptors (Lipinski definition) is 3. The van der Waals surface area contributed by atoms with Crippen LogP contribution in [0.1, 0.15) is 30.7 Å². The minimum Gasteiger partial charge on any atom is -0.467 e. The van der Waals surface area contributed by atoms with Crippen molar-refractivity contribution in [2.24, 2.45) is 0 Å². The Labute approximate surface area is 89.0 Å². The third kappa shape index (κ3) is 2.21. The normalized spacial score (nSPS) is 19.7. The van der Waals surface area contributed by atoms with E-state index in [1.807, 2.05) is 13.0 Å². The first-order valence-electron chi connectivity index (χ1n) is 5.37. The summed E-state index contributed by atoms with van der Waals surface area (Å²) in [5, 5.41) is 6.09. The van der Waals surface area contributed by atoms with Crippen LogP contribution in [0.5, 0.6) is 0 Å². The first-order chi connectivity index (χ1) is 7.31. The highest BCUT2D eigenvalue weighted by atomic mass is 16.3. The molecule has 1 aromatic heterocycles. The van der Waals surface area contributed by atoms with Gasteiger partial charge in [0.1, 0.15) is 5.76 Å². The molecule has 1 aromatic rings. The number of carbonyl (C=O) groups excluding carboxylic acids is 1. The van der Waals surface area contributed by atoms with Crippen LogP contribution in [0.3, 0.4) is 0 Å². The topological polar surface area (TPSA) is 54.3 Å². The smallest absolute Gasteiger partial charge is 0.222 e. The van der Waals surface area contributed by atoms with Gasteiger partial charge in [-0.15, -0.1) is 0 Å². The van der Waals surface area contributed by atoms with Crippen LogP contribution in [0.25, 0.3) is 0 Å². The van der Waals surface area contributed by atoms with Gasteiger partial charge >= 0.3 is 0 Å². The summed E-state index contributed by atoms with van der Waals surface area (Å²) in [4.78, 5) is 11.5. The maximum atomic E-state index is 11.5. The van der Waals surface area contributed by atoms with Gasteiger partial charge in [0.25, 0.3) is 0 Å². The van der Waals surface area contributed by atoms with Crippen LogP contribution in [0, 0.1) is 0 Å². The van der Waals surface area contributed by atoms with Gasteiger partial charge in [-0.3, -0.25) is 4.79 Å². The van der Waals surface area contributed by atoms with Crippen molar-refractivity contribution in [3.63, 3.8) is 0 Å². The average molecular weight is 208 g/mol. The van der Waals surface area contributed by atoms with Crippen LogP contribution in [-0.4, -0.2) is 19.0 Å². The Morgan fingerprint density at radius 3 is 3.40 bits per heavy atom. The van der Waals surface area contributed by atoms with E-state index >= 15 is 0 Å². The monoisotopic (exact) mass is 208 g/mol. The van der Waals surface area contributed by atoms with E-state index in [2.05, 4.69) is 10.6 Å². The standard InChI is InChI=1S/C11H16N2O2/c1-2-12-10(14)7-9-11-8(3-5-13-9)4-6-15-11/h4,6,9,13H,2-3,5,7H2,1H3,(H,12,14). The molecule has 1 aliphatic heterocycles. The molecule has 0 radical (unpaired) electrons. The number of nitrogens with one attached hydrogen (secondary N) is 2. The average Bonchev–Trinajstić information content (AvgIpc) is 2.67. The molecule has 0 aromatic carbocycles. The number of amides is 1. The first kappa shape index (κ1) is 10.2. The van der Waals surface area contributed by atoms with E-state index in [1.54, 1.807) is 6.26 Å². The van der Waals surface area contributed by atoms with Crippen molar-refractivity contribution in [1.29, 1.82) is 0 Å². The number of fused-ring (bicyclic) bond motifs is 1. The maximum absolute atomic E-state index is 11.5. The van der Waals surface area contributed by atoms with Crippen molar-refractivity contribution < 1.29 is 9.21 Å². The molecule has 0 aliphatic carbocycles. The molecule has 2 rings (SSSR count). The molecule has 1 unspecified atom stereocenters. The fourth-order valence-corrected chi connectivity index (χ4v) is 1.95. The van der Waals surface area contributed by atoms with Gasteiger partial charge in [0.2, 0.25) is 5.91 Å². The largest absolute Gasteiger partial charge is 0.467 e. The molecule has 0 saturated carbocycles. The van der Waals surface area contributed by atoms with E-state index in [9.17, 15) is 4.79 Å². The quantitative estimate of drug-likeness (QED) is 0.779. The van der Waals surface area contributed by atoms with Gasteiger partial charge in [-0.2, -0.15) is 0 Å². The van der Waals surface area contributed by atoms with Crippen molar-refractivity contribution in [1.82, 2.24) is 10.6 Å².